The Labute approximate surface area is 175 Å². The number of piperidine rings is 1. The number of carbonyl (C=O) groups excluding carboxylic acids is 2. The maximum atomic E-state index is 13.0. The van der Waals surface area contributed by atoms with Crippen molar-refractivity contribution in [2.75, 3.05) is 33.3 Å². The molecule has 30 heavy (non-hydrogen) atoms. The summed E-state index contributed by atoms with van der Waals surface area (Å²) in [4.78, 5) is 27.2. The van der Waals surface area contributed by atoms with Crippen LogP contribution in [0.15, 0.2) is 42.5 Å². The molecule has 0 radical (unpaired) electrons. The molecule has 1 amide bonds. The zero-order valence-electron chi connectivity index (χ0n) is 16.9. The fourth-order valence-corrected chi connectivity index (χ4v) is 3.65. The van der Waals surface area contributed by atoms with E-state index in [0.29, 0.717) is 35.5 Å². The van der Waals surface area contributed by atoms with E-state index >= 15 is 0 Å². The van der Waals surface area contributed by atoms with Crippen molar-refractivity contribution in [1.29, 1.82) is 5.26 Å². The Morgan fingerprint density at radius 3 is 2.53 bits per heavy atom. The molecule has 1 aliphatic rings. The second-order valence-electron chi connectivity index (χ2n) is 7.27. The van der Waals surface area contributed by atoms with Gasteiger partial charge in [0.05, 0.1) is 24.3 Å². The van der Waals surface area contributed by atoms with Crippen molar-refractivity contribution in [3.05, 3.63) is 65.0 Å². The van der Waals surface area contributed by atoms with Crippen molar-refractivity contribution in [3.8, 4) is 11.8 Å². The van der Waals surface area contributed by atoms with E-state index in [1.807, 2.05) is 6.07 Å². The summed E-state index contributed by atoms with van der Waals surface area (Å²) in [5.74, 6) is -0.205. The number of carbonyl (C=O) groups is 2. The van der Waals surface area contributed by atoms with E-state index in [1.165, 1.54) is 37.4 Å². The number of nitrogens with one attached hydrogen (secondary N) is 1. The number of Topliss-reactive ketones (excluding diaryl/α,β-unsaturated/α-hetero) is 1. The van der Waals surface area contributed by atoms with E-state index in [9.17, 15) is 14.0 Å². The molecule has 0 bridgehead atoms. The zero-order chi connectivity index (χ0) is 21.5. The molecule has 1 heterocycles. The Hall–Kier alpha value is -3.24. The molecule has 0 atom stereocenters. The number of nitriles is 1. The maximum absolute atomic E-state index is 13.0. The van der Waals surface area contributed by atoms with Gasteiger partial charge in [0.25, 0.3) is 5.91 Å². The molecular weight excluding hydrogens is 385 g/mol. The maximum Gasteiger partial charge on any atom is 0.255 e. The fourth-order valence-electron chi connectivity index (χ4n) is 3.65. The summed E-state index contributed by atoms with van der Waals surface area (Å²) < 4.78 is 18.2. The van der Waals surface area contributed by atoms with Crippen LogP contribution in [0.25, 0.3) is 0 Å². The number of methoxy groups -OCH3 is 1. The molecule has 7 heteroatoms. The number of likely N-dealkylation sites (tertiary alicyclic amines) is 1. The number of nitrogens with zero attached hydrogens (tertiary/aromatic N) is 2. The number of amides is 1. The Bertz CT molecular complexity index is 945. The predicted octanol–water partition coefficient (Wildman–Crippen LogP) is 3.03. The molecule has 0 unspecified atom stereocenters. The molecule has 6 nitrogen and oxygen atoms in total. The smallest absolute Gasteiger partial charge is 0.255 e. The highest BCUT2D eigenvalue weighted by atomic mass is 19.1. The lowest BCUT2D eigenvalue weighted by Gasteiger charge is -2.31. The molecule has 156 valence electrons. The van der Waals surface area contributed by atoms with Crippen LogP contribution in [0.1, 0.15) is 39.1 Å². The molecule has 3 rings (SSSR count). The average Bonchev–Trinajstić information content (AvgIpc) is 2.79. The standard InChI is InChI=1S/C23H24FN3O3/c1-30-21-7-2-16(15-25)14-20(21)23(29)26-10-13-27-11-8-18(9-12-27)22(28)17-3-5-19(24)6-4-17/h2-7,14,18H,8-13H2,1H3,(H,26,29). The first-order valence-corrected chi connectivity index (χ1v) is 9.90. The third-order valence-corrected chi connectivity index (χ3v) is 5.37. The van der Waals surface area contributed by atoms with Crippen molar-refractivity contribution >= 4 is 11.7 Å². The summed E-state index contributed by atoms with van der Waals surface area (Å²) in [6.45, 7) is 2.65. The highest BCUT2D eigenvalue weighted by Crippen LogP contribution is 2.22. The van der Waals surface area contributed by atoms with E-state index in [1.54, 1.807) is 12.1 Å². The van der Waals surface area contributed by atoms with Gasteiger partial charge in [-0.1, -0.05) is 0 Å². The minimum atomic E-state index is -0.347. The molecule has 1 fully saturated rings. The highest BCUT2D eigenvalue weighted by Gasteiger charge is 2.25. The molecule has 2 aromatic rings. The summed E-state index contributed by atoms with van der Waals surface area (Å²) >= 11 is 0. The van der Waals surface area contributed by atoms with Crippen molar-refractivity contribution in [2.45, 2.75) is 12.8 Å². The van der Waals surface area contributed by atoms with Crippen LogP contribution in [0.4, 0.5) is 4.39 Å². The van der Waals surface area contributed by atoms with Gasteiger partial charge in [0.1, 0.15) is 11.6 Å². The van der Waals surface area contributed by atoms with Crippen LogP contribution in [0, 0.1) is 23.1 Å². The fraction of sp³-hybridized carbons (Fsp3) is 0.348. The molecule has 1 aliphatic heterocycles. The van der Waals surface area contributed by atoms with Crippen LogP contribution >= 0.6 is 0 Å². The Morgan fingerprint density at radius 1 is 1.20 bits per heavy atom. The van der Waals surface area contributed by atoms with Crippen LogP contribution in [0.3, 0.4) is 0 Å². The monoisotopic (exact) mass is 409 g/mol. The minimum Gasteiger partial charge on any atom is -0.496 e. The number of hydrogen-bond donors (Lipinski definition) is 1. The van der Waals surface area contributed by atoms with E-state index in [0.717, 1.165) is 25.9 Å². The lowest BCUT2D eigenvalue weighted by atomic mass is 9.89. The van der Waals surface area contributed by atoms with Gasteiger partial charge in [0, 0.05) is 24.6 Å². The summed E-state index contributed by atoms with van der Waals surface area (Å²) in [6.07, 6.45) is 1.48. The van der Waals surface area contributed by atoms with Crippen LogP contribution in [0.2, 0.25) is 0 Å². The number of ether oxygens (including phenoxy) is 1. The predicted molar refractivity (Wildman–Crippen MR) is 110 cm³/mol. The van der Waals surface area contributed by atoms with Gasteiger partial charge in [-0.15, -0.1) is 0 Å². The summed E-state index contributed by atoms with van der Waals surface area (Å²) in [6, 6.07) is 12.4. The summed E-state index contributed by atoms with van der Waals surface area (Å²) in [7, 11) is 1.48. The van der Waals surface area contributed by atoms with Crippen LogP contribution in [-0.2, 0) is 0 Å². The second-order valence-corrected chi connectivity index (χ2v) is 7.27. The van der Waals surface area contributed by atoms with E-state index < -0.39 is 0 Å². The first-order chi connectivity index (χ1) is 14.5. The van der Waals surface area contributed by atoms with Crippen molar-refractivity contribution in [2.24, 2.45) is 5.92 Å². The van der Waals surface area contributed by atoms with E-state index in [-0.39, 0.29) is 23.4 Å². The second kappa shape index (κ2) is 9.99. The van der Waals surface area contributed by atoms with Crippen LogP contribution in [-0.4, -0.2) is 49.9 Å². The lowest BCUT2D eigenvalue weighted by molar-refractivity contribution is 0.0839. The van der Waals surface area contributed by atoms with Crippen molar-refractivity contribution in [1.82, 2.24) is 10.2 Å². The third kappa shape index (κ3) is 5.22. The van der Waals surface area contributed by atoms with Gasteiger partial charge < -0.3 is 15.0 Å². The number of ketones is 1. The average molecular weight is 409 g/mol. The molecule has 0 aromatic heterocycles. The highest BCUT2D eigenvalue weighted by molar-refractivity contribution is 5.98. The SMILES string of the molecule is COc1ccc(C#N)cc1C(=O)NCCN1CCC(C(=O)c2ccc(F)cc2)CC1. The molecular formula is C23H24FN3O3. The molecule has 0 saturated carbocycles. The largest absolute Gasteiger partial charge is 0.496 e. The topological polar surface area (TPSA) is 82.4 Å². The van der Waals surface area contributed by atoms with E-state index in [2.05, 4.69) is 10.2 Å². The van der Waals surface area contributed by atoms with Crippen molar-refractivity contribution in [3.63, 3.8) is 0 Å². The zero-order valence-corrected chi connectivity index (χ0v) is 16.9. The quantitative estimate of drug-likeness (QED) is 0.711. The van der Waals surface area contributed by atoms with Gasteiger partial charge in [0.2, 0.25) is 0 Å². The van der Waals surface area contributed by atoms with Gasteiger partial charge in [-0.05, 0) is 68.4 Å². The Kier molecular flexibility index (Phi) is 7.15. The molecule has 0 spiro atoms. The summed E-state index contributed by atoms with van der Waals surface area (Å²) in [5, 5.41) is 11.9. The normalized spacial score (nSPS) is 14.7. The number of hydrogen-bond acceptors (Lipinski definition) is 5. The van der Waals surface area contributed by atoms with Crippen LogP contribution in [0.5, 0.6) is 5.75 Å². The molecule has 2 aromatic carbocycles. The van der Waals surface area contributed by atoms with Gasteiger partial charge in [-0.3, -0.25) is 9.59 Å². The number of halogens is 1. The number of benzene rings is 2. The lowest BCUT2D eigenvalue weighted by Crippen LogP contribution is -2.41. The Balaban J connectivity index is 1.46. The summed E-state index contributed by atoms with van der Waals surface area (Å²) in [5.41, 5.74) is 1.28. The van der Waals surface area contributed by atoms with Gasteiger partial charge in [-0.25, -0.2) is 4.39 Å². The van der Waals surface area contributed by atoms with Crippen molar-refractivity contribution < 1.29 is 18.7 Å². The molecule has 1 N–H and O–H groups in total. The van der Waals surface area contributed by atoms with Crippen LogP contribution < -0.4 is 10.1 Å². The van der Waals surface area contributed by atoms with Gasteiger partial charge in [-0.2, -0.15) is 5.26 Å². The van der Waals surface area contributed by atoms with Gasteiger partial charge in [0.15, 0.2) is 5.78 Å². The van der Waals surface area contributed by atoms with Gasteiger partial charge >= 0.3 is 0 Å². The minimum absolute atomic E-state index is 0.0562. The first-order valence-electron chi connectivity index (χ1n) is 9.90. The molecule has 1 saturated heterocycles. The third-order valence-electron chi connectivity index (χ3n) is 5.37. The first kappa shape index (κ1) is 21.5. The Morgan fingerprint density at radius 2 is 1.90 bits per heavy atom. The number of rotatable bonds is 7. The van der Waals surface area contributed by atoms with E-state index in [4.69, 9.17) is 10.00 Å². The molecule has 0 aliphatic carbocycles.